The summed E-state index contributed by atoms with van der Waals surface area (Å²) in [6.45, 7) is 7.02. The Kier molecular flexibility index (Phi) is 5.50. The fourth-order valence-corrected chi connectivity index (χ4v) is 1.65. The molecule has 0 fully saturated rings. The number of nitrogens with one attached hydrogen (secondary N) is 1. The number of benzene rings is 1. The Balaban J connectivity index is 2.28. The smallest absolute Gasteiger partial charge is 0.0662 e. The van der Waals surface area contributed by atoms with Crippen LogP contribution in [0.4, 0.5) is 0 Å². The summed E-state index contributed by atoms with van der Waals surface area (Å²) in [6, 6.07) is 10.7. The van der Waals surface area contributed by atoms with Gasteiger partial charge in [-0.05, 0) is 38.3 Å². The van der Waals surface area contributed by atoms with Gasteiger partial charge in [0, 0.05) is 6.04 Å². The maximum atomic E-state index is 9.34. The van der Waals surface area contributed by atoms with Gasteiger partial charge in [0.15, 0.2) is 0 Å². The number of hydrogen-bond acceptors (Lipinski definition) is 2. The maximum Gasteiger partial charge on any atom is 0.0662 e. The molecule has 0 bridgehead atoms. The summed E-state index contributed by atoms with van der Waals surface area (Å²) < 4.78 is 0. The molecule has 0 aliphatic heterocycles. The second-order valence-corrected chi connectivity index (χ2v) is 4.58. The first-order chi connectivity index (χ1) is 7.61. The van der Waals surface area contributed by atoms with Crippen molar-refractivity contribution in [3.8, 4) is 0 Å². The Bertz CT molecular complexity index is 284. The van der Waals surface area contributed by atoms with Crippen molar-refractivity contribution in [1.29, 1.82) is 0 Å². The summed E-state index contributed by atoms with van der Waals surface area (Å²) >= 11 is 0. The lowest BCUT2D eigenvalue weighted by atomic mass is 9.98. The number of aliphatic hydroxyl groups excluding tert-OH is 1. The van der Waals surface area contributed by atoms with E-state index in [2.05, 4.69) is 36.5 Å². The largest absolute Gasteiger partial charge is 0.392 e. The molecule has 0 aliphatic carbocycles. The maximum absolute atomic E-state index is 9.34. The van der Waals surface area contributed by atoms with E-state index in [4.69, 9.17) is 0 Å². The Morgan fingerprint density at radius 1 is 1.12 bits per heavy atom. The van der Waals surface area contributed by atoms with Crippen LogP contribution in [-0.4, -0.2) is 23.8 Å². The highest BCUT2D eigenvalue weighted by atomic mass is 16.3. The molecule has 1 rings (SSSR count). The van der Waals surface area contributed by atoms with Gasteiger partial charge < -0.3 is 10.4 Å². The van der Waals surface area contributed by atoms with Crippen molar-refractivity contribution in [2.45, 2.75) is 45.3 Å². The van der Waals surface area contributed by atoms with Gasteiger partial charge in [0.2, 0.25) is 0 Å². The summed E-state index contributed by atoms with van der Waals surface area (Å²) in [5.41, 5.74) is 1.38. The van der Waals surface area contributed by atoms with E-state index in [9.17, 15) is 5.11 Å². The summed E-state index contributed by atoms with van der Waals surface area (Å²) in [5, 5.41) is 12.7. The lowest BCUT2D eigenvalue weighted by molar-refractivity contribution is 0.152. The highest BCUT2D eigenvalue weighted by Crippen LogP contribution is 2.17. The monoisotopic (exact) mass is 221 g/mol. The molecule has 3 unspecified atom stereocenters. The molecule has 0 radical (unpaired) electrons. The Labute approximate surface area is 98.7 Å². The lowest BCUT2D eigenvalue weighted by Crippen LogP contribution is -2.36. The van der Waals surface area contributed by atoms with Crippen LogP contribution in [0.2, 0.25) is 0 Å². The third kappa shape index (κ3) is 4.33. The molecule has 16 heavy (non-hydrogen) atoms. The van der Waals surface area contributed by atoms with Crippen LogP contribution in [0, 0.1) is 0 Å². The average Bonchev–Trinajstić information content (AvgIpc) is 2.29. The summed E-state index contributed by atoms with van der Waals surface area (Å²) in [7, 11) is 0. The van der Waals surface area contributed by atoms with E-state index >= 15 is 0 Å². The van der Waals surface area contributed by atoms with Crippen LogP contribution < -0.4 is 5.32 Å². The van der Waals surface area contributed by atoms with Gasteiger partial charge in [-0.1, -0.05) is 37.3 Å². The highest BCUT2D eigenvalue weighted by Gasteiger charge is 2.09. The lowest BCUT2D eigenvalue weighted by Gasteiger charge is -2.18. The molecule has 0 amide bonds. The normalized spacial score (nSPS) is 16.8. The average molecular weight is 221 g/mol. The fraction of sp³-hybridized carbons (Fsp3) is 0.571. The van der Waals surface area contributed by atoms with Gasteiger partial charge in [0.05, 0.1) is 6.10 Å². The molecule has 0 saturated carbocycles. The minimum absolute atomic E-state index is 0.169. The van der Waals surface area contributed by atoms with Gasteiger partial charge in [0.1, 0.15) is 0 Å². The van der Waals surface area contributed by atoms with Crippen LogP contribution in [-0.2, 0) is 0 Å². The molecule has 3 atom stereocenters. The van der Waals surface area contributed by atoms with Gasteiger partial charge in [0.25, 0.3) is 0 Å². The van der Waals surface area contributed by atoms with Crippen molar-refractivity contribution >= 4 is 0 Å². The molecule has 0 aromatic heterocycles. The molecule has 0 aliphatic rings. The van der Waals surface area contributed by atoms with Gasteiger partial charge in [-0.3, -0.25) is 0 Å². The van der Waals surface area contributed by atoms with Crippen LogP contribution in [0.25, 0.3) is 0 Å². The second kappa shape index (κ2) is 6.66. The van der Waals surface area contributed by atoms with E-state index in [1.165, 1.54) is 5.56 Å². The molecular weight excluding hydrogens is 198 g/mol. The van der Waals surface area contributed by atoms with Crippen LogP contribution in [0.15, 0.2) is 30.3 Å². The SMILES string of the molecule is CC(CCNC(C)C(C)O)c1ccccc1. The number of rotatable bonds is 6. The van der Waals surface area contributed by atoms with Gasteiger partial charge in [-0.2, -0.15) is 0 Å². The minimum atomic E-state index is -0.285. The first kappa shape index (κ1) is 13.2. The first-order valence-corrected chi connectivity index (χ1v) is 6.07. The van der Waals surface area contributed by atoms with E-state index in [1.54, 1.807) is 0 Å². The zero-order valence-electron chi connectivity index (χ0n) is 10.5. The van der Waals surface area contributed by atoms with Crippen LogP contribution in [0.3, 0.4) is 0 Å². The Morgan fingerprint density at radius 2 is 1.75 bits per heavy atom. The molecule has 0 saturated heterocycles. The van der Waals surface area contributed by atoms with Crippen molar-refractivity contribution in [3.05, 3.63) is 35.9 Å². The van der Waals surface area contributed by atoms with Crippen LogP contribution >= 0.6 is 0 Å². The van der Waals surface area contributed by atoms with Crippen molar-refractivity contribution < 1.29 is 5.11 Å². The molecule has 2 heteroatoms. The third-order valence-electron chi connectivity index (χ3n) is 3.14. The minimum Gasteiger partial charge on any atom is -0.392 e. The van der Waals surface area contributed by atoms with Crippen LogP contribution in [0.1, 0.15) is 38.7 Å². The fourth-order valence-electron chi connectivity index (χ4n) is 1.65. The van der Waals surface area contributed by atoms with E-state index in [0.717, 1.165) is 13.0 Å². The summed E-state index contributed by atoms with van der Waals surface area (Å²) in [5.74, 6) is 0.565. The van der Waals surface area contributed by atoms with Gasteiger partial charge in [-0.25, -0.2) is 0 Å². The number of aliphatic hydroxyl groups is 1. The van der Waals surface area contributed by atoms with Crippen molar-refractivity contribution in [1.82, 2.24) is 5.32 Å². The summed E-state index contributed by atoms with van der Waals surface area (Å²) in [6.07, 6.45) is 0.813. The molecule has 1 aromatic carbocycles. The van der Waals surface area contributed by atoms with Crippen molar-refractivity contribution in [2.75, 3.05) is 6.54 Å². The van der Waals surface area contributed by atoms with E-state index in [0.29, 0.717) is 5.92 Å². The Morgan fingerprint density at radius 3 is 2.31 bits per heavy atom. The predicted octanol–water partition coefficient (Wildman–Crippen LogP) is 2.54. The van der Waals surface area contributed by atoms with Gasteiger partial charge in [-0.15, -0.1) is 0 Å². The molecule has 2 nitrogen and oxygen atoms in total. The molecule has 90 valence electrons. The molecule has 2 N–H and O–H groups in total. The third-order valence-corrected chi connectivity index (χ3v) is 3.14. The summed E-state index contributed by atoms with van der Waals surface area (Å²) in [4.78, 5) is 0. The number of hydrogen-bond donors (Lipinski definition) is 2. The second-order valence-electron chi connectivity index (χ2n) is 4.58. The highest BCUT2D eigenvalue weighted by molar-refractivity contribution is 5.18. The predicted molar refractivity (Wildman–Crippen MR) is 68.6 cm³/mol. The standard InChI is InChI=1S/C14H23NO/c1-11(14-7-5-4-6-8-14)9-10-15-12(2)13(3)16/h4-8,11-13,15-16H,9-10H2,1-3H3. The molecular formula is C14H23NO. The quantitative estimate of drug-likeness (QED) is 0.773. The molecule has 0 heterocycles. The van der Waals surface area contributed by atoms with Crippen molar-refractivity contribution in [2.24, 2.45) is 0 Å². The zero-order chi connectivity index (χ0) is 12.0. The molecule has 1 aromatic rings. The Hall–Kier alpha value is -0.860. The zero-order valence-corrected chi connectivity index (χ0v) is 10.5. The first-order valence-electron chi connectivity index (χ1n) is 6.07. The molecule has 0 spiro atoms. The van der Waals surface area contributed by atoms with E-state index in [1.807, 2.05) is 19.9 Å². The van der Waals surface area contributed by atoms with Crippen molar-refractivity contribution in [3.63, 3.8) is 0 Å². The van der Waals surface area contributed by atoms with Gasteiger partial charge >= 0.3 is 0 Å². The van der Waals surface area contributed by atoms with E-state index in [-0.39, 0.29) is 12.1 Å². The van der Waals surface area contributed by atoms with E-state index < -0.39 is 0 Å². The topological polar surface area (TPSA) is 32.3 Å². The van der Waals surface area contributed by atoms with Crippen LogP contribution in [0.5, 0.6) is 0 Å².